The fourth-order valence-corrected chi connectivity index (χ4v) is 4.05. The summed E-state index contributed by atoms with van der Waals surface area (Å²) in [6.07, 6.45) is 0. The number of anilines is 1. The van der Waals surface area contributed by atoms with E-state index >= 15 is 0 Å². The van der Waals surface area contributed by atoms with Crippen molar-refractivity contribution in [1.29, 1.82) is 0 Å². The summed E-state index contributed by atoms with van der Waals surface area (Å²) >= 11 is 0.799. The highest BCUT2D eigenvalue weighted by molar-refractivity contribution is 7.91. The van der Waals surface area contributed by atoms with Crippen LogP contribution in [0.3, 0.4) is 0 Å². The van der Waals surface area contributed by atoms with Crippen molar-refractivity contribution < 1.29 is 17.9 Å². The van der Waals surface area contributed by atoms with Crippen LogP contribution in [0.25, 0.3) is 0 Å². The molecule has 142 valence electrons. The molecule has 0 spiro atoms. The summed E-state index contributed by atoms with van der Waals surface area (Å²) in [4.78, 5) is 11.6. The predicted molar refractivity (Wildman–Crippen MR) is 99.8 cm³/mol. The molecule has 0 aliphatic carbocycles. The van der Waals surface area contributed by atoms with E-state index in [1.165, 1.54) is 0 Å². The first kappa shape index (κ1) is 20.3. The maximum absolute atomic E-state index is 12.4. The minimum atomic E-state index is -3.85. The lowest BCUT2D eigenvalue weighted by atomic mass is 10.2. The number of para-hydroxylation sites is 1. The van der Waals surface area contributed by atoms with E-state index in [-0.39, 0.29) is 27.9 Å². The van der Waals surface area contributed by atoms with Crippen LogP contribution in [0.4, 0.5) is 5.13 Å². The Morgan fingerprint density at radius 2 is 1.92 bits per heavy atom. The molecule has 1 heterocycles. The molecule has 0 aliphatic heterocycles. The Morgan fingerprint density at radius 1 is 1.23 bits per heavy atom. The summed E-state index contributed by atoms with van der Waals surface area (Å²) in [7, 11) is -3.85. The van der Waals surface area contributed by atoms with E-state index in [0.29, 0.717) is 5.75 Å². The van der Waals surface area contributed by atoms with Crippen molar-refractivity contribution in [2.75, 3.05) is 11.9 Å². The quantitative estimate of drug-likeness (QED) is 0.660. The maximum atomic E-state index is 12.4. The van der Waals surface area contributed by atoms with Crippen molar-refractivity contribution in [2.45, 2.75) is 38.1 Å². The van der Waals surface area contributed by atoms with Crippen LogP contribution in [0.1, 0.15) is 26.3 Å². The van der Waals surface area contributed by atoms with Crippen molar-refractivity contribution in [1.82, 2.24) is 14.9 Å². The fraction of sp³-hybridized carbons (Fsp3) is 0.438. The molecular formula is C16H22N4O4S2. The topological polar surface area (TPSA) is 110 Å². The van der Waals surface area contributed by atoms with Gasteiger partial charge in [0.2, 0.25) is 15.4 Å². The second-order valence-electron chi connectivity index (χ2n) is 6.12. The summed E-state index contributed by atoms with van der Waals surface area (Å²) in [5, 5.41) is 10.0. The lowest BCUT2D eigenvalue weighted by molar-refractivity contribution is -0.118. The number of hydrogen-bond donors (Lipinski definition) is 2. The van der Waals surface area contributed by atoms with Gasteiger partial charge in [0.1, 0.15) is 12.4 Å². The van der Waals surface area contributed by atoms with Crippen LogP contribution in [0, 0.1) is 12.8 Å². The van der Waals surface area contributed by atoms with Gasteiger partial charge in [-0.3, -0.25) is 4.79 Å². The van der Waals surface area contributed by atoms with E-state index in [9.17, 15) is 13.2 Å². The molecule has 10 heteroatoms. The second-order valence-corrected chi connectivity index (χ2v) is 8.98. The monoisotopic (exact) mass is 398 g/mol. The molecule has 0 aliphatic rings. The first-order chi connectivity index (χ1) is 12.2. The Kier molecular flexibility index (Phi) is 6.68. The number of hydrogen-bond acceptors (Lipinski definition) is 7. The maximum Gasteiger partial charge on any atom is 0.270 e. The molecule has 0 bridgehead atoms. The molecule has 0 saturated heterocycles. The van der Waals surface area contributed by atoms with Crippen LogP contribution >= 0.6 is 11.3 Å². The number of nitrogens with one attached hydrogen (secondary N) is 2. The van der Waals surface area contributed by atoms with Crippen LogP contribution in [-0.4, -0.2) is 37.2 Å². The molecule has 1 aromatic carbocycles. The Labute approximate surface area is 157 Å². The van der Waals surface area contributed by atoms with Crippen molar-refractivity contribution in [3.8, 4) is 5.75 Å². The number of aryl methyl sites for hydroxylation is 1. The number of carbonyl (C=O) groups is 1. The molecule has 2 rings (SSSR count). The molecular weight excluding hydrogens is 376 g/mol. The van der Waals surface area contributed by atoms with Gasteiger partial charge in [-0.25, -0.2) is 13.1 Å². The van der Waals surface area contributed by atoms with Crippen molar-refractivity contribution in [3.05, 3.63) is 29.8 Å². The van der Waals surface area contributed by atoms with E-state index in [0.717, 1.165) is 16.9 Å². The molecule has 1 amide bonds. The SMILES string of the molecule is Cc1ccccc1OC[C@@H](C)NS(=O)(=O)c1nnc(NC(=O)C(C)C)s1. The third-order valence-electron chi connectivity index (χ3n) is 3.33. The highest BCUT2D eigenvalue weighted by Crippen LogP contribution is 2.21. The first-order valence-corrected chi connectivity index (χ1v) is 10.3. The van der Waals surface area contributed by atoms with Gasteiger partial charge in [0.25, 0.3) is 10.0 Å². The van der Waals surface area contributed by atoms with Gasteiger partial charge in [-0.15, -0.1) is 10.2 Å². The molecule has 2 N–H and O–H groups in total. The standard InChI is InChI=1S/C16H22N4O4S2/c1-10(2)14(21)17-15-18-19-16(25-15)26(22,23)20-12(4)9-24-13-8-6-5-7-11(13)3/h5-8,10,12,20H,9H2,1-4H3,(H,17,18,21)/t12-/m1/s1. The van der Waals surface area contributed by atoms with Crippen molar-refractivity contribution in [2.24, 2.45) is 5.92 Å². The predicted octanol–water partition coefficient (Wildman–Crippen LogP) is 2.19. The van der Waals surface area contributed by atoms with Gasteiger partial charge in [0.15, 0.2) is 0 Å². The highest BCUT2D eigenvalue weighted by atomic mass is 32.2. The molecule has 1 atom stereocenters. The molecule has 0 unspecified atom stereocenters. The second kappa shape index (κ2) is 8.56. The summed E-state index contributed by atoms with van der Waals surface area (Å²) < 4.78 is 32.7. The van der Waals surface area contributed by atoms with Gasteiger partial charge in [-0.2, -0.15) is 0 Å². The number of amides is 1. The Hall–Kier alpha value is -2.04. The molecule has 0 fully saturated rings. The number of aromatic nitrogens is 2. The minimum absolute atomic E-state index is 0.146. The van der Waals surface area contributed by atoms with Crippen LogP contribution in [-0.2, 0) is 14.8 Å². The average Bonchev–Trinajstić information content (AvgIpc) is 3.03. The number of nitrogens with zero attached hydrogens (tertiary/aromatic N) is 2. The highest BCUT2D eigenvalue weighted by Gasteiger charge is 2.23. The van der Waals surface area contributed by atoms with Gasteiger partial charge < -0.3 is 10.1 Å². The van der Waals surface area contributed by atoms with Gasteiger partial charge in [-0.1, -0.05) is 43.4 Å². The molecule has 26 heavy (non-hydrogen) atoms. The molecule has 8 nitrogen and oxygen atoms in total. The van der Waals surface area contributed by atoms with Gasteiger partial charge >= 0.3 is 0 Å². The van der Waals surface area contributed by atoms with Crippen LogP contribution < -0.4 is 14.8 Å². The summed E-state index contributed by atoms with van der Waals surface area (Å²) in [5.41, 5.74) is 0.970. The third-order valence-corrected chi connectivity index (χ3v) is 6.13. The van der Waals surface area contributed by atoms with Crippen molar-refractivity contribution in [3.63, 3.8) is 0 Å². The minimum Gasteiger partial charge on any atom is -0.492 e. The molecule has 0 radical (unpaired) electrons. The average molecular weight is 399 g/mol. The van der Waals surface area contributed by atoms with E-state index in [2.05, 4.69) is 20.2 Å². The van der Waals surface area contributed by atoms with E-state index in [4.69, 9.17) is 4.74 Å². The van der Waals surface area contributed by atoms with Crippen LogP contribution in [0.5, 0.6) is 5.75 Å². The van der Waals surface area contributed by atoms with Gasteiger partial charge in [0.05, 0.1) is 6.04 Å². The zero-order valence-electron chi connectivity index (χ0n) is 15.0. The Bertz CT molecular complexity index is 865. The zero-order valence-corrected chi connectivity index (χ0v) is 16.6. The van der Waals surface area contributed by atoms with E-state index < -0.39 is 16.1 Å². The Morgan fingerprint density at radius 3 is 2.58 bits per heavy atom. The number of benzene rings is 1. The molecule has 2 aromatic rings. The van der Waals surface area contributed by atoms with Crippen LogP contribution in [0.2, 0.25) is 0 Å². The normalized spacial score (nSPS) is 12.8. The van der Waals surface area contributed by atoms with E-state index in [1.807, 2.05) is 31.2 Å². The van der Waals surface area contributed by atoms with E-state index in [1.54, 1.807) is 20.8 Å². The number of rotatable bonds is 8. The fourth-order valence-electron chi connectivity index (χ4n) is 1.90. The largest absolute Gasteiger partial charge is 0.492 e. The summed E-state index contributed by atoms with van der Waals surface area (Å²) in [6, 6.07) is 7.02. The van der Waals surface area contributed by atoms with Gasteiger partial charge in [-0.05, 0) is 25.5 Å². The Balaban J connectivity index is 1.96. The summed E-state index contributed by atoms with van der Waals surface area (Å²) in [5.74, 6) is 0.210. The lowest BCUT2D eigenvalue weighted by Crippen LogP contribution is -2.36. The molecule has 1 aromatic heterocycles. The lowest BCUT2D eigenvalue weighted by Gasteiger charge is -2.15. The number of carbonyl (C=O) groups excluding carboxylic acids is 1. The number of sulfonamides is 1. The van der Waals surface area contributed by atoms with Crippen LogP contribution in [0.15, 0.2) is 28.6 Å². The summed E-state index contributed by atoms with van der Waals surface area (Å²) in [6.45, 7) is 7.23. The number of ether oxygens (including phenoxy) is 1. The zero-order chi connectivity index (χ0) is 19.3. The first-order valence-electron chi connectivity index (χ1n) is 8.04. The smallest absolute Gasteiger partial charge is 0.270 e. The van der Waals surface area contributed by atoms with Gasteiger partial charge in [0, 0.05) is 5.92 Å². The molecule has 0 saturated carbocycles. The third kappa shape index (κ3) is 5.48. The van der Waals surface area contributed by atoms with Crippen molar-refractivity contribution >= 4 is 32.4 Å².